The van der Waals surface area contributed by atoms with Crippen molar-refractivity contribution in [1.29, 1.82) is 0 Å². The molecule has 7 nitrogen and oxygen atoms in total. The Hall–Kier alpha value is -3.37. The van der Waals surface area contributed by atoms with Crippen molar-refractivity contribution >= 4 is 23.9 Å². The molecule has 1 heterocycles. The lowest BCUT2D eigenvalue weighted by atomic mass is 9.77. The number of carbonyl (C=O) groups is 3. The van der Waals surface area contributed by atoms with E-state index in [9.17, 15) is 14.4 Å². The third-order valence-electron chi connectivity index (χ3n) is 6.84. The van der Waals surface area contributed by atoms with Crippen molar-refractivity contribution in [2.45, 2.75) is 71.4 Å². The molecule has 1 aromatic carbocycles. The van der Waals surface area contributed by atoms with Gasteiger partial charge in [0.05, 0.1) is 32.2 Å². The van der Waals surface area contributed by atoms with Gasteiger partial charge in [0.2, 0.25) is 5.91 Å². The number of likely N-dealkylation sites (tertiary alicyclic amines) is 1. The Morgan fingerprint density at radius 2 is 1.90 bits per heavy atom. The summed E-state index contributed by atoms with van der Waals surface area (Å²) >= 11 is 0. The van der Waals surface area contributed by atoms with Crippen LogP contribution in [0.4, 0.5) is 0 Å². The Kier molecular flexibility index (Phi) is 13.0. The molecule has 0 saturated carbocycles. The van der Waals surface area contributed by atoms with Crippen LogP contribution < -0.4 is 0 Å². The maximum atomic E-state index is 13.7. The van der Waals surface area contributed by atoms with Crippen LogP contribution in [0.1, 0.15) is 70.4 Å². The van der Waals surface area contributed by atoms with Gasteiger partial charge in [-0.3, -0.25) is 9.59 Å². The molecule has 0 radical (unpaired) electrons. The second-order valence-corrected chi connectivity index (χ2v) is 10.8. The SMILES string of the molecule is C=CCCCCCOC(=O)C[C@H](C(=O)N1C[C@H](OCC#Cc2ccccc2C=C)C[C@H]1C(=O)OC)C(C)(C)C. The molecule has 0 aliphatic carbocycles. The van der Waals surface area contributed by atoms with Crippen LogP contribution in [0, 0.1) is 23.2 Å². The summed E-state index contributed by atoms with van der Waals surface area (Å²) in [7, 11) is 1.30. The van der Waals surface area contributed by atoms with Crippen molar-refractivity contribution in [1.82, 2.24) is 4.90 Å². The lowest BCUT2D eigenvalue weighted by Gasteiger charge is -2.34. The van der Waals surface area contributed by atoms with Gasteiger partial charge < -0.3 is 19.1 Å². The fraction of sp³-hybridized carbons (Fsp3) is 0.531. The van der Waals surface area contributed by atoms with Gasteiger partial charge in [-0.2, -0.15) is 0 Å². The van der Waals surface area contributed by atoms with Crippen LogP contribution in [0.25, 0.3) is 6.08 Å². The van der Waals surface area contributed by atoms with E-state index in [0.29, 0.717) is 13.0 Å². The van der Waals surface area contributed by atoms with Gasteiger partial charge in [-0.15, -0.1) is 6.58 Å². The molecule has 0 unspecified atom stereocenters. The molecule has 0 bridgehead atoms. The summed E-state index contributed by atoms with van der Waals surface area (Å²) in [5, 5.41) is 0. The molecule has 1 fully saturated rings. The smallest absolute Gasteiger partial charge is 0.328 e. The molecular weight excluding hydrogens is 494 g/mol. The summed E-state index contributed by atoms with van der Waals surface area (Å²) in [6.45, 7) is 13.9. The molecule has 1 aliphatic heterocycles. The molecular formula is C32H43NO6. The molecule has 1 amide bonds. The van der Waals surface area contributed by atoms with Crippen LogP contribution in [0.5, 0.6) is 0 Å². The zero-order valence-electron chi connectivity index (χ0n) is 23.9. The van der Waals surface area contributed by atoms with Crippen molar-refractivity contribution in [3.8, 4) is 11.8 Å². The number of carbonyl (C=O) groups excluding carboxylic acids is 3. The van der Waals surface area contributed by atoms with Gasteiger partial charge in [0.25, 0.3) is 0 Å². The molecule has 0 N–H and O–H groups in total. The summed E-state index contributed by atoms with van der Waals surface area (Å²) in [5.74, 6) is 4.23. The van der Waals surface area contributed by atoms with E-state index >= 15 is 0 Å². The maximum absolute atomic E-state index is 13.7. The van der Waals surface area contributed by atoms with Crippen molar-refractivity contribution in [3.05, 3.63) is 54.6 Å². The number of allylic oxidation sites excluding steroid dienone is 1. The maximum Gasteiger partial charge on any atom is 0.328 e. The summed E-state index contributed by atoms with van der Waals surface area (Å²) < 4.78 is 16.4. The Balaban J connectivity index is 2.04. The lowest BCUT2D eigenvalue weighted by Crippen LogP contribution is -2.47. The van der Waals surface area contributed by atoms with Gasteiger partial charge in [0.15, 0.2) is 0 Å². The van der Waals surface area contributed by atoms with Crippen LogP contribution in [0.3, 0.4) is 0 Å². The number of nitrogens with zero attached hydrogens (tertiary/aromatic N) is 1. The first-order valence-corrected chi connectivity index (χ1v) is 13.6. The summed E-state index contributed by atoms with van der Waals surface area (Å²) in [5.41, 5.74) is 1.26. The van der Waals surface area contributed by atoms with Crippen molar-refractivity contribution in [2.75, 3.05) is 26.9 Å². The average molecular weight is 538 g/mol. The number of hydrogen-bond acceptors (Lipinski definition) is 6. The van der Waals surface area contributed by atoms with Gasteiger partial charge in [-0.1, -0.05) is 69.5 Å². The zero-order chi connectivity index (χ0) is 28.8. The quantitative estimate of drug-likeness (QED) is 0.149. The molecule has 3 atom stereocenters. The van der Waals surface area contributed by atoms with Gasteiger partial charge >= 0.3 is 11.9 Å². The van der Waals surface area contributed by atoms with E-state index in [1.807, 2.05) is 51.1 Å². The fourth-order valence-electron chi connectivity index (χ4n) is 4.54. The first-order valence-electron chi connectivity index (χ1n) is 13.6. The number of unbranched alkanes of at least 4 members (excludes halogenated alkanes) is 3. The standard InChI is InChI=1S/C32H43NO6/c1-7-9-10-11-14-19-39-29(34)22-27(32(3,4)5)30(35)33-23-26(21-28(33)31(36)37-6)38-20-15-18-25-17-13-12-16-24(25)8-2/h7-8,12-13,16-17,26-28H,1-2,9-11,14,19-23H2,3-6H3/t26-,27-,28+/m1/s1. The largest absolute Gasteiger partial charge is 0.467 e. The second-order valence-electron chi connectivity index (χ2n) is 10.8. The molecule has 2 rings (SSSR count). The zero-order valence-corrected chi connectivity index (χ0v) is 23.9. The molecule has 39 heavy (non-hydrogen) atoms. The van der Waals surface area contributed by atoms with Gasteiger partial charge in [-0.05, 0) is 42.7 Å². The summed E-state index contributed by atoms with van der Waals surface area (Å²) in [6.07, 6.45) is 7.14. The van der Waals surface area contributed by atoms with Gasteiger partial charge in [-0.25, -0.2) is 4.79 Å². The molecule has 7 heteroatoms. The highest BCUT2D eigenvalue weighted by Gasteiger charge is 2.45. The number of esters is 2. The number of benzene rings is 1. The number of hydrogen-bond donors (Lipinski definition) is 0. The van der Waals surface area contributed by atoms with Crippen molar-refractivity contribution in [3.63, 3.8) is 0 Å². The minimum atomic E-state index is -0.785. The highest BCUT2D eigenvalue weighted by molar-refractivity contribution is 5.89. The Bertz CT molecular complexity index is 1060. The Labute approximate surface area is 233 Å². The van der Waals surface area contributed by atoms with E-state index in [1.165, 1.54) is 12.0 Å². The highest BCUT2D eigenvalue weighted by Crippen LogP contribution is 2.34. The van der Waals surface area contributed by atoms with E-state index < -0.39 is 29.3 Å². The molecule has 0 spiro atoms. The van der Waals surface area contributed by atoms with Crippen molar-refractivity contribution in [2.24, 2.45) is 11.3 Å². The number of amides is 1. The first-order chi connectivity index (χ1) is 18.6. The van der Waals surface area contributed by atoms with Crippen LogP contribution in [0.15, 0.2) is 43.5 Å². The number of ether oxygens (including phenoxy) is 3. The summed E-state index contributed by atoms with van der Waals surface area (Å²) in [6, 6.07) is 6.89. The fourth-order valence-corrected chi connectivity index (χ4v) is 4.54. The average Bonchev–Trinajstić information content (AvgIpc) is 3.34. The van der Waals surface area contributed by atoms with E-state index in [-0.39, 0.29) is 31.6 Å². The third kappa shape index (κ3) is 10.0. The normalized spacial score (nSPS) is 17.5. The van der Waals surface area contributed by atoms with E-state index in [1.54, 1.807) is 6.08 Å². The van der Waals surface area contributed by atoms with Crippen molar-refractivity contribution < 1.29 is 28.6 Å². The molecule has 212 valence electrons. The molecule has 1 saturated heterocycles. The first kappa shape index (κ1) is 31.8. The molecule has 0 aromatic heterocycles. The minimum Gasteiger partial charge on any atom is -0.467 e. The summed E-state index contributed by atoms with van der Waals surface area (Å²) in [4.78, 5) is 40.5. The third-order valence-corrected chi connectivity index (χ3v) is 6.84. The second kappa shape index (κ2) is 15.9. The van der Waals surface area contributed by atoms with Crippen LogP contribution >= 0.6 is 0 Å². The van der Waals surface area contributed by atoms with E-state index in [0.717, 1.165) is 36.8 Å². The predicted molar refractivity (Wildman–Crippen MR) is 152 cm³/mol. The van der Waals surface area contributed by atoms with Gasteiger partial charge in [0.1, 0.15) is 12.6 Å². The lowest BCUT2D eigenvalue weighted by molar-refractivity contribution is -0.157. The molecule has 1 aliphatic rings. The Morgan fingerprint density at radius 1 is 1.15 bits per heavy atom. The van der Waals surface area contributed by atoms with Crippen LogP contribution in [0.2, 0.25) is 0 Å². The van der Waals surface area contributed by atoms with E-state index in [4.69, 9.17) is 14.2 Å². The van der Waals surface area contributed by atoms with Crippen LogP contribution in [-0.4, -0.2) is 61.8 Å². The highest BCUT2D eigenvalue weighted by atomic mass is 16.5. The number of rotatable bonds is 13. The Morgan fingerprint density at radius 3 is 2.56 bits per heavy atom. The number of methoxy groups -OCH3 is 1. The van der Waals surface area contributed by atoms with E-state index in [2.05, 4.69) is 25.0 Å². The molecule has 1 aromatic rings. The van der Waals surface area contributed by atoms with Crippen LogP contribution in [-0.2, 0) is 28.6 Å². The predicted octanol–water partition coefficient (Wildman–Crippen LogP) is 5.18. The van der Waals surface area contributed by atoms with Gasteiger partial charge in [0, 0.05) is 18.5 Å². The monoisotopic (exact) mass is 537 g/mol. The topological polar surface area (TPSA) is 82.1 Å². The minimum absolute atomic E-state index is 0.0565.